The molecule has 2 atom stereocenters. The molecule has 2 fully saturated rings. The van der Waals surface area contributed by atoms with Crippen molar-refractivity contribution < 1.29 is 19.2 Å². The quantitative estimate of drug-likeness (QED) is 0.721. The molecule has 0 spiro atoms. The van der Waals surface area contributed by atoms with Gasteiger partial charge in [0.1, 0.15) is 0 Å². The van der Waals surface area contributed by atoms with Crippen molar-refractivity contribution in [1.82, 2.24) is 9.80 Å². The average molecular weight is 302 g/mol. The van der Waals surface area contributed by atoms with Gasteiger partial charge in [-0.15, -0.1) is 0 Å². The third-order valence-corrected chi connectivity index (χ3v) is 4.36. The van der Waals surface area contributed by atoms with E-state index in [1.807, 2.05) is 6.08 Å². The maximum absolute atomic E-state index is 12.1. The minimum absolute atomic E-state index is 0.204. The number of carbonyl (C=O) groups excluding carboxylic acids is 4. The Morgan fingerprint density at radius 1 is 0.909 bits per heavy atom. The van der Waals surface area contributed by atoms with E-state index in [0.717, 1.165) is 0 Å². The van der Waals surface area contributed by atoms with Crippen LogP contribution in [0.4, 0.5) is 0 Å². The molecule has 0 aromatic carbocycles. The normalized spacial score (nSPS) is 29.4. The molecule has 0 aromatic heterocycles. The second kappa shape index (κ2) is 5.19. The molecule has 22 heavy (non-hydrogen) atoms. The summed E-state index contributed by atoms with van der Waals surface area (Å²) in [7, 11) is 0. The first kappa shape index (κ1) is 14.7. The zero-order valence-electron chi connectivity index (χ0n) is 12.7. The third kappa shape index (κ3) is 2.19. The highest BCUT2D eigenvalue weighted by Gasteiger charge is 2.40. The molecular weight excluding hydrogens is 284 g/mol. The van der Waals surface area contributed by atoms with Gasteiger partial charge in [0.25, 0.3) is 0 Å². The van der Waals surface area contributed by atoms with Crippen LogP contribution in [0.25, 0.3) is 0 Å². The highest BCUT2D eigenvalue weighted by Crippen LogP contribution is 2.32. The largest absolute Gasteiger partial charge is 0.274 e. The zero-order chi connectivity index (χ0) is 16.0. The van der Waals surface area contributed by atoms with Crippen molar-refractivity contribution in [2.24, 2.45) is 11.8 Å². The molecule has 0 bridgehead atoms. The van der Waals surface area contributed by atoms with Crippen molar-refractivity contribution in [3.63, 3.8) is 0 Å². The van der Waals surface area contributed by atoms with Crippen LogP contribution in [0.2, 0.25) is 0 Å². The monoisotopic (exact) mass is 302 g/mol. The molecule has 2 saturated heterocycles. The SMILES string of the molecule is CC1CC(=O)N(C2=CCCC(N3C(=O)CC(C)C3=O)=C2)C1=O. The first-order chi connectivity index (χ1) is 10.4. The highest BCUT2D eigenvalue weighted by molar-refractivity contribution is 6.06. The molecule has 6 nitrogen and oxygen atoms in total. The number of nitrogens with zero attached hydrogens (tertiary/aromatic N) is 2. The first-order valence-electron chi connectivity index (χ1n) is 7.54. The zero-order valence-corrected chi connectivity index (χ0v) is 12.7. The summed E-state index contributed by atoms with van der Waals surface area (Å²) < 4.78 is 0. The van der Waals surface area contributed by atoms with E-state index in [1.54, 1.807) is 19.9 Å². The number of imide groups is 2. The minimum Gasteiger partial charge on any atom is -0.274 e. The molecular formula is C16H18N2O4. The number of rotatable bonds is 2. The standard InChI is InChI=1S/C16H18N2O4/c1-9-6-13(19)17(15(9)21)11-4-3-5-12(8-11)18-14(20)7-10(2)16(18)22/h4,8-10H,3,5-7H2,1-2H3. The summed E-state index contributed by atoms with van der Waals surface area (Å²) in [5, 5.41) is 0. The molecule has 1 aliphatic carbocycles. The van der Waals surface area contributed by atoms with E-state index in [0.29, 0.717) is 24.2 Å². The van der Waals surface area contributed by atoms with Crippen LogP contribution in [0, 0.1) is 11.8 Å². The molecule has 0 radical (unpaired) electrons. The average Bonchev–Trinajstić information content (AvgIpc) is 2.86. The number of allylic oxidation sites excluding steroid dienone is 3. The van der Waals surface area contributed by atoms with Crippen LogP contribution in [0.1, 0.15) is 39.5 Å². The van der Waals surface area contributed by atoms with Crippen LogP contribution in [0.3, 0.4) is 0 Å². The van der Waals surface area contributed by atoms with E-state index in [9.17, 15) is 19.2 Å². The van der Waals surface area contributed by atoms with Gasteiger partial charge in [-0.1, -0.05) is 19.9 Å². The lowest BCUT2D eigenvalue weighted by molar-refractivity contribution is -0.137. The van der Waals surface area contributed by atoms with Crippen LogP contribution in [0.15, 0.2) is 23.5 Å². The van der Waals surface area contributed by atoms with Gasteiger partial charge in [-0.2, -0.15) is 0 Å². The Kier molecular flexibility index (Phi) is 3.47. The van der Waals surface area contributed by atoms with Crippen molar-refractivity contribution in [3.05, 3.63) is 23.5 Å². The van der Waals surface area contributed by atoms with Gasteiger partial charge in [-0.3, -0.25) is 29.0 Å². The Morgan fingerprint density at radius 2 is 1.45 bits per heavy atom. The van der Waals surface area contributed by atoms with Crippen LogP contribution < -0.4 is 0 Å². The summed E-state index contributed by atoms with van der Waals surface area (Å²) in [6, 6.07) is 0. The van der Waals surface area contributed by atoms with Crippen molar-refractivity contribution in [3.8, 4) is 0 Å². The summed E-state index contributed by atoms with van der Waals surface area (Å²) in [5.74, 6) is -1.49. The molecule has 116 valence electrons. The molecule has 3 aliphatic rings. The minimum atomic E-state index is -0.317. The van der Waals surface area contributed by atoms with Crippen LogP contribution in [-0.4, -0.2) is 33.4 Å². The van der Waals surface area contributed by atoms with E-state index in [-0.39, 0.29) is 48.3 Å². The second-order valence-corrected chi connectivity index (χ2v) is 6.15. The molecule has 3 rings (SSSR count). The third-order valence-electron chi connectivity index (χ3n) is 4.36. The van der Waals surface area contributed by atoms with Crippen LogP contribution >= 0.6 is 0 Å². The molecule has 0 aromatic rings. The Hall–Kier alpha value is -2.24. The van der Waals surface area contributed by atoms with Gasteiger partial charge < -0.3 is 0 Å². The lowest BCUT2D eigenvalue weighted by Gasteiger charge is -2.24. The van der Waals surface area contributed by atoms with Crippen LogP contribution in [-0.2, 0) is 19.2 Å². The summed E-state index contributed by atoms with van der Waals surface area (Å²) >= 11 is 0. The molecule has 4 amide bonds. The smallest absolute Gasteiger partial charge is 0.237 e. The van der Waals surface area contributed by atoms with Crippen molar-refractivity contribution in [2.75, 3.05) is 0 Å². The lowest BCUT2D eigenvalue weighted by Crippen LogP contribution is -2.33. The number of hydrogen-bond donors (Lipinski definition) is 0. The molecule has 0 N–H and O–H groups in total. The highest BCUT2D eigenvalue weighted by atomic mass is 16.2. The van der Waals surface area contributed by atoms with Crippen LogP contribution in [0.5, 0.6) is 0 Å². The van der Waals surface area contributed by atoms with E-state index in [4.69, 9.17) is 0 Å². The number of amides is 4. The van der Waals surface area contributed by atoms with Crippen molar-refractivity contribution in [1.29, 1.82) is 0 Å². The fourth-order valence-electron chi connectivity index (χ4n) is 3.14. The summed E-state index contributed by atoms with van der Waals surface area (Å²) in [5.41, 5.74) is 1.07. The number of likely N-dealkylation sites (tertiary alicyclic amines) is 2. The molecule has 2 heterocycles. The van der Waals surface area contributed by atoms with E-state index >= 15 is 0 Å². The van der Waals surface area contributed by atoms with Gasteiger partial charge in [0, 0.05) is 36.1 Å². The first-order valence-corrected chi connectivity index (χ1v) is 7.54. The predicted molar refractivity (Wildman–Crippen MR) is 76.7 cm³/mol. The van der Waals surface area contributed by atoms with Gasteiger partial charge in [0.2, 0.25) is 23.6 Å². The Bertz CT molecular complexity index is 647. The lowest BCUT2D eigenvalue weighted by atomic mass is 10.1. The summed E-state index contributed by atoms with van der Waals surface area (Å²) in [4.78, 5) is 50.6. The van der Waals surface area contributed by atoms with Gasteiger partial charge in [-0.05, 0) is 18.9 Å². The number of carbonyl (C=O) groups is 4. The number of hydrogen-bond acceptors (Lipinski definition) is 4. The van der Waals surface area contributed by atoms with Crippen molar-refractivity contribution >= 4 is 23.6 Å². The summed E-state index contributed by atoms with van der Waals surface area (Å²) in [6.07, 6.45) is 5.01. The Balaban J connectivity index is 1.90. The maximum atomic E-state index is 12.1. The van der Waals surface area contributed by atoms with Gasteiger partial charge >= 0.3 is 0 Å². The molecule has 0 saturated carbocycles. The van der Waals surface area contributed by atoms with E-state index in [1.165, 1.54) is 9.80 Å². The van der Waals surface area contributed by atoms with Gasteiger partial charge in [-0.25, -0.2) is 0 Å². The fourth-order valence-corrected chi connectivity index (χ4v) is 3.14. The van der Waals surface area contributed by atoms with Gasteiger partial charge in [0.15, 0.2) is 0 Å². The summed E-state index contributed by atoms with van der Waals surface area (Å²) in [6.45, 7) is 3.46. The Labute approximate surface area is 128 Å². The molecule has 2 aliphatic heterocycles. The molecule has 2 unspecified atom stereocenters. The Morgan fingerprint density at radius 3 is 1.95 bits per heavy atom. The van der Waals surface area contributed by atoms with Gasteiger partial charge in [0.05, 0.1) is 0 Å². The fraction of sp³-hybridized carbons (Fsp3) is 0.500. The maximum Gasteiger partial charge on any atom is 0.237 e. The van der Waals surface area contributed by atoms with E-state index < -0.39 is 0 Å². The topological polar surface area (TPSA) is 74.8 Å². The molecule has 6 heteroatoms. The van der Waals surface area contributed by atoms with Crippen molar-refractivity contribution in [2.45, 2.75) is 39.5 Å². The second-order valence-electron chi connectivity index (χ2n) is 6.15. The predicted octanol–water partition coefficient (Wildman–Crippen LogP) is 1.34. The van der Waals surface area contributed by atoms with E-state index in [2.05, 4.69) is 0 Å².